The topological polar surface area (TPSA) is 85.2 Å². The number of nitrogens with two attached hydrogens (primary N) is 1. The summed E-state index contributed by atoms with van der Waals surface area (Å²) in [6.45, 7) is 3.97. The Hall–Kier alpha value is -1.40. The van der Waals surface area contributed by atoms with Gasteiger partial charge in [-0.05, 0) is 47.0 Å². The first-order valence-electron chi connectivity index (χ1n) is 5.06. The van der Waals surface area contributed by atoms with Gasteiger partial charge >= 0.3 is 0 Å². The van der Waals surface area contributed by atoms with E-state index in [0.29, 0.717) is 16.2 Å². The fraction of sp³-hybridized carbons (Fsp3) is 0.273. The lowest BCUT2D eigenvalue weighted by Crippen LogP contribution is -1.96. The molecule has 0 aliphatic rings. The molecule has 0 unspecified atom stereocenters. The van der Waals surface area contributed by atoms with Crippen molar-refractivity contribution in [1.82, 2.24) is 10.1 Å². The van der Waals surface area contributed by atoms with Gasteiger partial charge in [0.15, 0.2) is 0 Å². The second-order valence-electron chi connectivity index (χ2n) is 3.74. The average molecular weight is 298 g/mol. The van der Waals surface area contributed by atoms with Crippen LogP contribution in [0.5, 0.6) is 5.75 Å². The summed E-state index contributed by atoms with van der Waals surface area (Å²) in [7, 11) is 0. The maximum absolute atomic E-state index is 9.67. The number of nitrogens with zero attached hydrogens (tertiary/aromatic N) is 2. The van der Waals surface area contributed by atoms with Gasteiger partial charge in [0.25, 0.3) is 0 Å². The molecular weight excluding hydrogens is 286 g/mol. The quantitative estimate of drug-likeness (QED) is 0.888. The second kappa shape index (κ2) is 4.46. The van der Waals surface area contributed by atoms with Crippen LogP contribution in [-0.2, 0) is 6.54 Å². The molecule has 3 N–H and O–H groups in total. The van der Waals surface area contributed by atoms with E-state index in [4.69, 9.17) is 10.3 Å². The maximum Gasteiger partial charge on any atom is 0.240 e. The summed E-state index contributed by atoms with van der Waals surface area (Å²) in [6, 6.07) is 1.66. The highest BCUT2D eigenvalue weighted by Gasteiger charge is 2.16. The van der Waals surface area contributed by atoms with Crippen LogP contribution in [0.15, 0.2) is 15.1 Å². The van der Waals surface area contributed by atoms with E-state index in [1.165, 1.54) is 0 Å². The van der Waals surface area contributed by atoms with Crippen LogP contribution in [0.2, 0.25) is 0 Å². The van der Waals surface area contributed by atoms with Crippen molar-refractivity contribution < 1.29 is 9.63 Å². The Morgan fingerprint density at radius 2 is 2.18 bits per heavy atom. The lowest BCUT2D eigenvalue weighted by Gasteiger charge is -2.09. The maximum atomic E-state index is 9.67. The molecule has 90 valence electrons. The highest BCUT2D eigenvalue weighted by atomic mass is 79.9. The van der Waals surface area contributed by atoms with Gasteiger partial charge in [-0.2, -0.15) is 4.98 Å². The van der Waals surface area contributed by atoms with E-state index in [9.17, 15) is 5.11 Å². The first-order valence-corrected chi connectivity index (χ1v) is 5.85. The van der Waals surface area contributed by atoms with Gasteiger partial charge in [-0.15, -0.1) is 0 Å². The second-order valence-corrected chi connectivity index (χ2v) is 4.54. The summed E-state index contributed by atoms with van der Waals surface area (Å²) in [5.74, 6) is 1.08. The molecule has 1 aromatic heterocycles. The molecular formula is C11H12BrN3O2. The van der Waals surface area contributed by atoms with Crippen molar-refractivity contribution in [2.45, 2.75) is 20.4 Å². The number of rotatable bonds is 2. The SMILES string of the molecule is Cc1cc(O)c(Br)c(C)c1-c1noc(CN)n1. The molecule has 0 spiro atoms. The lowest BCUT2D eigenvalue weighted by molar-refractivity contribution is 0.380. The Morgan fingerprint density at radius 1 is 1.47 bits per heavy atom. The smallest absolute Gasteiger partial charge is 0.240 e. The van der Waals surface area contributed by atoms with Gasteiger partial charge in [0.2, 0.25) is 11.7 Å². The van der Waals surface area contributed by atoms with Gasteiger partial charge < -0.3 is 15.4 Å². The highest BCUT2D eigenvalue weighted by Crippen LogP contribution is 2.36. The Bertz CT molecular complexity index is 566. The predicted octanol–water partition coefficient (Wildman–Crippen LogP) is 2.28. The Balaban J connectivity index is 2.62. The third kappa shape index (κ3) is 2.05. The zero-order chi connectivity index (χ0) is 12.6. The van der Waals surface area contributed by atoms with E-state index in [0.717, 1.165) is 16.7 Å². The standard InChI is InChI=1S/C11H12BrN3O2/c1-5-3-7(16)10(12)6(2)9(5)11-14-8(4-13)17-15-11/h3,16H,4,13H2,1-2H3. The van der Waals surface area contributed by atoms with Gasteiger partial charge in [0.05, 0.1) is 11.0 Å². The number of phenols is 1. The summed E-state index contributed by atoms with van der Waals surface area (Å²) < 4.78 is 5.62. The molecule has 6 heteroatoms. The molecule has 2 rings (SSSR count). The third-order valence-corrected chi connectivity index (χ3v) is 3.54. The molecule has 5 nitrogen and oxygen atoms in total. The number of aromatic nitrogens is 2. The summed E-state index contributed by atoms with van der Waals surface area (Å²) in [6.07, 6.45) is 0. The molecule has 0 aliphatic carbocycles. The van der Waals surface area contributed by atoms with Gasteiger partial charge in [-0.25, -0.2) is 0 Å². The van der Waals surface area contributed by atoms with Crippen LogP contribution in [0, 0.1) is 13.8 Å². The molecule has 0 saturated heterocycles. The third-order valence-electron chi connectivity index (χ3n) is 2.54. The van der Waals surface area contributed by atoms with Crippen LogP contribution in [0.25, 0.3) is 11.4 Å². The minimum absolute atomic E-state index is 0.200. The van der Waals surface area contributed by atoms with Gasteiger partial charge in [0.1, 0.15) is 5.75 Å². The molecule has 17 heavy (non-hydrogen) atoms. The highest BCUT2D eigenvalue weighted by molar-refractivity contribution is 9.10. The minimum atomic E-state index is 0.200. The summed E-state index contributed by atoms with van der Waals surface area (Å²) in [4.78, 5) is 4.19. The van der Waals surface area contributed by atoms with Gasteiger partial charge in [-0.3, -0.25) is 0 Å². The van der Waals surface area contributed by atoms with Crippen LogP contribution in [0.4, 0.5) is 0 Å². The molecule has 2 aromatic rings. The first-order chi connectivity index (χ1) is 8.04. The van der Waals surface area contributed by atoms with E-state index in [-0.39, 0.29) is 12.3 Å². The Labute approximate surface area is 107 Å². The summed E-state index contributed by atoms with van der Waals surface area (Å²) in [5.41, 5.74) is 8.02. The number of phenolic OH excluding ortho intramolecular Hbond substituents is 1. The molecule has 1 aromatic carbocycles. The van der Waals surface area contributed by atoms with Gasteiger partial charge in [-0.1, -0.05) is 5.16 Å². The predicted molar refractivity (Wildman–Crippen MR) is 66.5 cm³/mol. The Morgan fingerprint density at radius 3 is 2.76 bits per heavy atom. The summed E-state index contributed by atoms with van der Waals surface area (Å²) >= 11 is 3.32. The molecule has 0 saturated carbocycles. The largest absolute Gasteiger partial charge is 0.507 e. The summed E-state index contributed by atoms with van der Waals surface area (Å²) in [5, 5.41) is 13.6. The first kappa shape index (κ1) is 12.1. The van der Waals surface area contributed by atoms with Crippen LogP contribution >= 0.6 is 15.9 Å². The number of halogens is 1. The van der Waals surface area contributed by atoms with E-state index in [1.807, 2.05) is 13.8 Å². The van der Waals surface area contributed by atoms with Crippen molar-refractivity contribution in [1.29, 1.82) is 0 Å². The van der Waals surface area contributed by atoms with Gasteiger partial charge in [0, 0.05) is 5.56 Å². The molecule has 0 bridgehead atoms. The minimum Gasteiger partial charge on any atom is -0.507 e. The number of hydrogen-bond donors (Lipinski definition) is 2. The monoisotopic (exact) mass is 297 g/mol. The molecule has 0 atom stereocenters. The number of hydrogen-bond acceptors (Lipinski definition) is 5. The molecule has 0 radical (unpaired) electrons. The zero-order valence-corrected chi connectivity index (χ0v) is 11.1. The van der Waals surface area contributed by atoms with Crippen molar-refractivity contribution in [3.8, 4) is 17.1 Å². The molecule has 1 heterocycles. The lowest BCUT2D eigenvalue weighted by atomic mass is 10.0. The van der Waals surface area contributed by atoms with Crippen LogP contribution in [0.3, 0.4) is 0 Å². The average Bonchev–Trinajstić information content (AvgIpc) is 2.74. The molecule has 0 aliphatic heterocycles. The van der Waals surface area contributed by atoms with Crippen molar-refractivity contribution in [3.63, 3.8) is 0 Å². The zero-order valence-electron chi connectivity index (χ0n) is 9.49. The normalized spacial score (nSPS) is 10.8. The van der Waals surface area contributed by atoms with Crippen molar-refractivity contribution in [2.24, 2.45) is 5.73 Å². The number of aromatic hydroxyl groups is 1. The van der Waals surface area contributed by atoms with Crippen molar-refractivity contribution in [3.05, 3.63) is 27.6 Å². The van der Waals surface area contributed by atoms with Crippen molar-refractivity contribution in [2.75, 3.05) is 0 Å². The van der Waals surface area contributed by atoms with E-state index < -0.39 is 0 Å². The van der Waals surface area contributed by atoms with Crippen molar-refractivity contribution >= 4 is 15.9 Å². The van der Waals surface area contributed by atoms with Crippen LogP contribution < -0.4 is 5.73 Å². The molecule has 0 amide bonds. The fourth-order valence-electron chi connectivity index (χ4n) is 1.72. The molecule has 0 fully saturated rings. The fourth-order valence-corrected chi connectivity index (χ4v) is 2.03. The Kier molecular flexibility index (Phi) is 3.17. The van der Waals surface area contributed by atoms with E-state index >= 15 is 0 Å². The number of aryl methyl sites for hydroxylation is 1. The van der Waals surface area contributed by atoms with E-state index in [1.54, 1.807) is 6.07 Å². The van der Waals surface area contributed by atoms with E-state index in [2.05, 4.69) is 26.1 Å². The van der Waals surface area contributed by atoms with Crippen LogP contribution in [-0.4, -0.2) is 15.2 Å². The van der Waals surface area contributed by atoms with Crippen LogP contribution in [0.1, 0.15) is 17.0 Å². The number of benzene rings is 1.